The summed E-state index contributed by atoms with van der Waals surface area (Å²) in [4.78, 5) is 12.4. The quantitative estimate of drug-likeness (QED) is 0.779. The number of rotatable bonds is 4. The summed E-state index contributed by atoms with van der Waals surface area (Å²) >= 11 is 3.20. The van der Waals surface area contributed by atoms with E-state index < -0.39 is 12.7 Å². The molecule has 100 valence electrons. The predicted octanol–water partition coefficient (Wildman–Crippen LogP) is 4.04. The van der Waals surface area contributed by atoms with Crippen molar-refractivity contribution in [2.24, 2.45) is 0 Å². The van der Waals surface area contributed by atoms with Crippen LogP contribution in [0.25, 0.3) is 0 Å². The van der Waals surface area contributed by atoms with E-state index in [1.54, 1.807) is 6.92 Å². The van der Waals surface area contributed by atoms with Gasteiger partial charge in [0.25, 0.3) is 0 Å². The standard InChI is InChI=1S/C12H13BrF3NO/c1-3-17(7-12(14,15)16)9-4-5-10(8(2)18)11(13)6-9/h4-6H,3,7H2,1-2H3. The number of ketones is 1. The van der Waals surface area contributed by atoms with Gasteiger partial charge in [0.1, 0.15) is 6.54 Å². The molecule has 6 heteroatoms. The molecule has 1 aromatic rings. The molecule has 0 spiro atoms. The maximum Gasteiger partial charge on any atom is 0.405 e. The van der Waals surface area contributed by atoms with E-state index in [9.17, 15) is 18.0 Å². The normalized spacial score (nSPS) is 11.4. The summed E-state index contributed by atoms with van der Waals surface area (Å²) in [6, 6.07) is 4.59. The maximum atomic E-state index is 12.4. The van der Waals surface area contributed by atoms with Gasteiger partial charge < -0.3 is 4.90 Å². The first-order chi connectivity index (χ1) is 8.24. The molecule has 0 N–H and O–H groups in total. The largest absolute Gasteiger partial charge is 0.405 e. The molecule has 0 heterocycles. The molecule has 0 fully saturated rings. The van der Waals surface area contributed by atoms with Gasteiger partial charge in [-0.15, -0.1) is 0 Å². The minimum Gasteiger partial charge on any atom is -0.363 e. The van der Waals surface area contributed by atoms with Gasteiger partial charge in [0.05, 0.1) is 0 Å². The Labute approximate surface area is 112 Å². The average Bonchev–Trinajstić information content (AvgIpc) is 2.24. The lowest BCUT2D eigenvalue weighted by atomic mass is 10.1. The molecule has 0 aliphatic carbocycles. The lowest BCUT2D eigenvalue weighted by Crippen LogP contribution is -2.34. The van der Waals surface area contributed by atoms with Gasteiger partial charge in [0, 0.05) is 22.3 Å². The molecule has 0 aliphatic rings. The Morgan fingerprint density at radius 1 is 1.39 bits per heavy atom. The van der Waals surface area contributed by atoms with Crippen LogP contribution >= 0.6 is 15.9 Å². The number of benzene rings is 1. The van der Waals surface area contributed by atoms with Crippen LogP contribution in [0, 0.1) is 0 Å². The lowest BCUT2D eigenvalue weighted by molar-refractivity contribution is -0.119. The molecule has 0 bridgehead atoms. The van der Waals surface area contributed by atoms with Crippen LogP contribution in [-0.4, -0.2) is 25.0 Å². The Balaban J connectivity index is 3.01. The first-order valence-corrected chi connectivity index (χ1v) is 6.16. The zero-order valence-corrected chi connectivity index (χ0v) is 11.6. The molecular weight excluding hydrogens is 311 g/mol. The Kier molecular flexibility index (Phi) is 4.78. The van der Waals surface area contributed by atoms with Gasteiger partial charge in [-0.25, -0.2) is 0 Å². The van der Waals surface area contributed by atoms with Gasteiger partial charge in [-0.3, -0.25) is 4.79 Å². The van der Waals surface area contributed by atoms with Gasteiger partial charge in [0.15, 0.2) is 5.78 Å². The predicted molar refractivity (Wildman–Crippen MR) is 68.1 cm³/mol. The molecule has 0 atom stereocenters. The second-order valence-corrected chi connectivity index (χ2v) is 4.70. The first-order valence-electron chi connectivity index (χ1n) is 5.36. The number of nitrogens with zero attached hydrogens (tertiary/aromatic N) is 1. The summed E-state index contributed by atoms with van der Waals surface area (Å²) in [5.41, 5.74) is 0.897. The number of hydrogen-bond acceptors (Lipinski definition) is 2. The van der Waals surface area contributed by atoms with E-state index >= 15 is 0 Å². The highest BCUT2D eigenvalue weighted by Crippen LogP contribution is 2.27. The Morgan fingerprint density at radius 2 is 2.00 bits per heavy atom. The number of anilines is 1. The summed E-state index contributed by atoms with van der Waals surface area (Å²) in [5.74, 6) is -0.132. The molecule has 1 rings (SSSR count). The van der Waals surface area contributed by atoms with Gasteiger partial charge in [-0.1, -0.05) is 0 Å². The minimum absolute atomic E-state index is 0.132. The number of carbonyl (C=O) groups is 1. The molecule has 0 unspecified atom stereocenters. The van der Waals surface area contributed by atoms with Crippen LogP contribution in [0.15, 0.2) is 22.7 Å². The Bertz CT molecular complexity index is 445. The Hall–Kier alpha value is -1.04. The van der Waals surface area contributed by atoms with Crippen molar-refractivity contribution in [1.29, 1.82) is 0 Å². The summed E-state index contributed by atoms with van der Waals surface area (Å²) in [6.07, 6.45) is -4.25. The van der Waals surface area contributed by atoms with E-state index in [1.165, 1.54) is 30.0 Å². The van der Waals surface area contributed by atoms with Crippen molar-refractivity contribution in [1.82, 2.24) is 0 Å². The third-order valence-electron chi connectivity index (χ3n) is 2.45. The zero-order valence-electron chi connectivity index (χ0n) is 10.0. The van der Waals surface area contributed by atoms with Crippen LogP contribution in [0.5, 0.6) is 0 Å². The van der Waals surface area contributed by atoms with Crippen molar-refractivity contribution in [3.05, 3.63) is 28.2 Å². The number of hydrogen-bond donors (Lipinski definition) is 0. The van der Waals surface area contributed by atoms with E-state index in [0.717, 1.165) is 0 Å². The SMILES string of the molecule is CCN(CC(F)(F)F)c1ccc(C(C)=O)c(Br)c1. The van der Waals surface area contributed by atoms with Crippen LogP contribution in [0.3, 0.4) is 0 Å². The van der Waals surface area contributed by atoms with Crippen molar-refractivity contribution < 1.29 is 18.0 Å². The summed E-state index contributed by atoms with van der Waals surface area (Å²) in [6.45, 7) is 2.30. The average molecular weight is 324 g/mol. The van der Waals surface area contributed by atoms with Crippen molar-refractivity contribution in [3.63, 3.8) is 0 Å². The van der Waals surface area contributed by atoms with E-state index in [0.29, 0.717) is 15.7 Å². The number of carbonyl (C=O) groups excluding carboxylic acids is 1. The monoisotopic (exact) mass is 323 g/mol. The number of halogens is 4. The Morgan fingerprint density at radius 3 is 2.39 bits per heavy atom. The van der Waals surface area contributed by atoms with Crippen LogP contribution in [0.2, 0.25) is 0 Å². The molecular formula is C12H13BrF3NO. The lowest BCUT2D eigenvalue weighted by Gasteiger charge is -2.24. The second kappa shape index (κ2) is 5.73. The fourth-order valence-electron chi connectivity index (χ4n) is 1.59. The van der Waals surface area contributed by atoms with Gasteiger partial charge in [-0.2, -0.15) is 13.2 Å². The summed E-state index contributed by atoms with van der Waals surface area (Å²) < 4.78 is 37.6. The highest BCUT2D eigenvalue weighted by molar-refractivity contribution is 9.10. The van der Waals surface area contributed by atoms with Gasteiger partial charge in [0.2, 0.25) is 0 Å². The highest BCUT2D eigenvalue weighted by atomic mass is 79.9. The highest BCUT2D eigenvalue weighted by Gasteiger charge is 2.30. The fraction of sp³-hybridized carbons (Fsp3) is 0.417. The zero-order chi connectivity index (χ0) is 13.9. The molecule has 2 nitrogen and oxygen atoms in total. The third-order valence-corrected chi connectivity index (χ3v) is 3.11. The topological polar surface area (TPSA) is 20.3 Å². The smallest absolute Gasteiger partial charge is 0.363 e. The van der Waals surface area contributed by atoms with Crippen LogP contribution in [0.1, 0.15) is 24.2 Å². The van der Waals surface area contributed by atoms with Crippen molar-refractivity contribution in [2.75, 3.05) is 18.0 Å². The van der Waals surface area contributed by atoms with E-state index in [2.05, 4.69) is 15.9 Å². The van der Waals surface area contributed by atoms with Crippen LogP contribution < -0.4 is 4.90 Å². The molecule has 0 aliphatic heterocycles. The van der Waals surface area contributed by atoms with Gasteiger partial charge in [-0.05, 0) is 48.0 Å². The van der Waals surface area contributed by atoms with Crippen LogP contribution in [-0.2, 0) is 0 Å². The summed E-state index contributed by atoms with van der Waals surface area (Å²) in [5, 5.41) is 0. The number of alkyl halides is 3. The van der Waals surface area contributed by atoms with E-state index in [4.69, 9.17) is 0 Å². The minimum atomic E-state index is -4.25. The molecule has 18 heavy (non-hydrogen) atoms. The maximum absolute atomic E-state index is 12.4. The van der Waals surface area contributed by atoms with Gasteiger partial charge >= 0.3 is 6.18 Å². The van der Waals surface area contributed by atoms with Crippen molar-refractivity contribution in [2.45, 2.75) is 20.0 Å². The van der Waals surface area contributed by atoms with E-state index in [-0.39, 0.29) is 12.3 Å². The molecule has 0 radical (unpaired) electrons. The van der Waals surface area contributed by atoms with E-state index in [1.807, 2.05) is 0 Å². The third kappa shape index (κ3) is 4.01. The molecule has 0 saturated carbocycles. The summed E-state index contributed by atoms with van der Waals surface area (Å²) in [7, 11) is 0. The fourth-order valence-corrected chi connectivity index (χ4v) is 2.23. The molecule has 0 saturated heterocycles. The number of Topliss-reactive ketones (excluding diaryl/α,β-unsaturated/α-hetero) is 1. The van der Waals surface area contributed by atoms with Crippen LogP contribution in [0.4, 0.5) is 18.9 Å². The second-order valence-electron chi connectivity index (χ2n) is 3.85. The first kappa shape index (κ1) is 15.0. The molecule has 0 amide bonds. The van der Waals surface area contributed by atoms with Crippen molar-refractivity contribution >= 4 is 27.4 Å². The molecule has 0 aromatic heterocycles. The van der Waals surface area contributed by atoms with Crippen molar-refractivity contribution in [3.8, 4) is 0 Å². The molecule has 1 aromatic carbocycles.